The number of benzene rings is 1. The zero-order valence-electron chi connectivity index (χ0n) is 15.8. The van der Waals surface area contributed by atoms with Gasteiger partial charge in [-0.25, -0.2) is 9.78 Å². The summed E-state index contributed by atoms with van der Waals surface area (Å²) in [6.45, 7) is 3.76. The first-order valence-corrected chi connectivity index (χ1v) is 9.49. The molecule has 1 aromatic carbocycles. The number of H-pyrrole nitrogens is 1. The molecule has 3 heterocycles. The number of urea groups is 1. The molecule has 2 amide bonds. The number of carbonyl (C=O) groups is 1. The van der Waals surface area contributed by atoms with Crippen LogP contribution in [0, 0.1) is 0 Å². The van der Waals surface area contributed by atoms with E-state index < -0.39 is 0 Å². The highest BCUT2D eigenvalue weighted by molar-refractivity contribution is 5.81. The SMILES string of the molecule is COc1cc2nc[nH]c(=O)c2cc1OC1CCN(C(=O)N2CCOCC2)CC1. The number of hydrogen-bond acceptors (Lipinski definition) is 6. The molecular weight excluding hydrogens is 364 g/mol. The molecule has 0 spiro atoms. The Bertz CT molecular complexity index is 901. The summed E-state index contributed by atoms with van der Waals surface area (Å²) in [6, 6.07) is 3.45. The van der Waals surface area contributed by atoms with E-state index >= 15 is 0 Å². The molecule has 1 aromatic heterocycles. The highest BCUT2D eigenvalue weighted by Crippen LogP contribution is 2.32. The predicted molar refractivity (Wildman–Crippen MR) is 102 cm³/mol. The largest absolute Gasteiger partial charge is 0.493 e. The van der Waals surface area contributed by atoms with Crippen molar-refractivity contribution in [2.45, 2.75) is 18.9 Å². The van der Waals surface area contributed by atoms with E-state index in [9.17, 15) is 9.59 Å². The van der Waals surface area contributed by atoms with Crippen molar-refractivity contribution in [3.63, 3.8) is 0 Å². The third-order valence-corrected chi connectivity index (χ3v) is 5.21. The summed E-state index contributed by atoms with van der Waals surface area (Å²) in [7, 11) is 1.56. The van der Waals surface area contributed by atoms with E-state index in [1.54, 1.807) is 19.2 Å². The lowest BCUT2D eigenvalue weighted by atomic mass is 10.1. The number of fused-ring (bicyclic) bond motifs is 1. The Hall–Kier alpha value is -2.81. The normalized spacial score (nSPS) is 18.3. The van der Waals surface area contributed by atoms with Crippen LogP contribution in [-0.2, 0) is 4.74 Å². The number of morpholine rings is 1. The van der Waals surface area contributed by atoms with Gasteiger partial charge in [-0.3, -0.25) is 4.79 Å². The maximum absolute atomic E-state index is 12.6. The van der Waals surface area contributed by atoms with Crippen LogP contribution in [0.15, 0.2) is 23.3 Å². The number of aromatic nitrogens is 2. The van der Waals surface area contributed by atoms with Gasteiger partial charge in [-0.2, -0.15) is 0 Å². The van der Waals surface area contributed by atoms with Gasteiger partial charge in [0.15, 0.2) is 11.5 Å². The summed E-state index contributed by atoms with van der Waals surface area (Å²) in [6.07, 6.45) is 2.77. The van der Waals surface area contributed by atoms with Gasteiger partial charge < -0.3 is 29.0 Å². The average Bonchev–Trinajstić information content (AvgIpc) is 2.74. The fourth-order valence-corrected chi connectivity index (χ4v) is 3.63. The van der Waals surface area contributed by atoms with Gasteiger partial charge in [0.2, 0.25) is 0 Å². The number of piperidine rings is 1. The third-order valence-electron chi connectivity index (χ3n) is 5.21. The van der Waals surface area contributed by atoms with Crippen molar-refractivity contribution in [3.05, 3.63) is 28.8 Å². The minimum absolute atomic E-state index is 0.0455. The number of amides is 2. The molecule has 2 saturated heterocycles. The van der Waals surface area contributed by atoms with Crippen LogP contribution in [0.4, 0.5) is 4.79 Å². The highest BCUT2D eigenvalue weighted by atomic mass is 16.5. The van der Waals surface area contributed by atoms with Crippen LogP contribution in [0.25, 0.3) is 10.9 Å². The molecule has 0 unspecified atom stereocenters. The number of nitrogens with one attached hydrogen (secondary N) is 1. The molecule has 0 saturated carbocycles. The molecule has 28 heavy (non-hydrogen) atoms. The summed E-state index contributed by atoms with van der Waals surface area (Å²) in [5.74, 6) is 1.06. The fraction of sp³-hybridized carbons (Fsp3) is 0.526. The van der Waals surface area contributed by atoms with Gasteiger partial charge in [0.1, 0.15) is 6.10 Å². The first-order valence-electron chi connectivity index (χ1n) is 9.49. The Balaban J connectivity index is 1.42. The van der Waals surface area contributed by atoms with E-state index in [-0.39, 0.29) is 17.7 Å². The Morgan fingerprint density at radius 3 is 2.57 bits per heavy atom. The average molecular weight is 388 g/mol. The van der Waals surface area contributed by atoms with Crippen LogP contribution in [0.1, 0.15) is 12.8 Å². The van der Waals surface area contributed by atoms with E-state index in [1.165, 1.54) is 6.33 Å². The summed E-state index contributed by atoms with van der Waals surface area (Å²) in [5.41, 5.74) is 0.335. The second-order valence-corrected chi connectivity index (χ2v) is 6.94. The molecule has 1 N–H and O–H groups in total. The molecule has 0 radical (unpaired) electrons. The Morgan fingerprint density at radius 1 is 1.14 bits per heavy atom. The molecule has 2 aliphatic heterocycles. The van der Waals surface area contributed by atoms with E-state index in [0.29, 0.717) is 61.8 Å². The number of likely N-dealkylation sites (tertiary alicyclic amines) is 1. The molecular formula is C19H24N4O5. The zero-order chi connectivity index (χ0) is 19.5. The van der Waals surface area contributed by atoms with Gasteiger partial charge in [-0.15, -0.1) is 0 Å². The number of rotatable bonds is 3. The van der Waals surface area contributed by atoms with Gasteiger partial charge in [0.25, 0.3) is 5.56 Å². The number of carbonyl (C=O) groups excluding carboxylic acids is 1. The second kappa shape index (κ2) is 8.05. The lowest BCUT2D eigenvalue weighted by Crippen LogP contribution is -2.51. The van der Waals surface area contributed by atoms with Crippen LogP contribution >= 0.6 is 0 Å². The molecule has 150 valence electrons. The molecule has 0 bridgehead atoms. The maximum atomic E-state index is 12.6. The van der Waals surface area contributed by atoms with E-state index in [1.807, 2.05) is 9.80 Å². The molecule has 0 aliphatic carbocycles. The Morgan fingerprint density at radius 2 is 1.86 bits per heavy atom. The molecule has 2 fully saturated rings. The van der Waals surface area contributed by atoms with Crippen LogP contribution in [0.5, 0.6) is 11.5 Å². The Labute approximate surface area is 162 Å². The molecule has 4 rings (SSSR count). The van der Waals surface area contributed by atoms with Crippen LogP contribution in [-0.4, -0.2) is 78.4 Å². The highest BCUT2D eigenvalue weighted by Gasteiger charge is 2.28. The quantitative estimate of drug-likeness (QED) is 0.849. The zero-order valence-corrected chi connectivity index (χ0v) is 15.8. The Kier molecular flexibility index (Phi) is 5.34. The summed E-state index contributed by atoms with van der Waals surface area (Å²) >= 11 is 0. The number of methoxy groups -OCH3 is 1. The van der Waals surface area contributed by atoms with Crippen molar-refractivity contribution in [2.75, 3.05) is 46.5 Å². The van der Waals surface area contributed by atoms with Crippen LogP contribution in [0.2, 0.25) is 0 Å². The monoisotopic (exact) mass is 388 g/mol. The van der Waals surface area contributed by atoms with Gasteiger partial charge >= 0.3 is 6.03 Å². The lowest BCUT2D eigenvalue weighted by Gasteiger charge is -2.37. The molecule has 9 heteroatoms. The summed E-state index contributed by atoms with van der Waals surface area (Å²) < 4.78 is 16.9. The summed E-state index contributed by atoms with van der Waals surface area (Å²) in [4.78, 5) is 35.1. The standard InChI is InChI=1S/C19H24N4O5/c1-26-16-11-15-14(18(24)21-12-20-15)10-17(16)28-13-2-4-22(5-3-13)19(25)23-6-8-27-9-7-23/h10-13H,2-9H2,1H3,(H,20,21,24). The molecule has 2 aliphatic rings. The van der Waals surface area contributed by atoms with E-state index in [4.69, 9.17) is 14.2 Å². The van der Waals surface area contributed by atoms with Crippen molar-refractivity contribution in [1.29, 1.82) is 0 Å². The lowest BCUT2D eigenvalue weighted by molar-refractivity contribution is 0.0359. The summed E-state index contributed by atoms with van der Waals surface area (Å²) in [5, 5.41) is 0.457. The minimum atomic E-state index is -0.219. The predicted octanol–water partition coefficient (Wildman–Crippen LogP) is 1.23. The number of hydrogen-bond donors (Lipinski definition) is 1. The van der Waals surface area contributed by atoms with Gasteiger partial charge in [-0.1, -0.05) is 0 Å². The first-order chi connectivity index (χ1) is 13.7. The molecule has 2 aromatic rings. The van der Waals surface area contributed by atoms with Crippen molar-refractivity contribution >= 4 is 16.9 Å². The van der Waals surface area contributed by atoms with Crippen LogP contribution in [0.3, 0.4) is 0 Å². The van der Waals surface area contributed by atoms with Crippen molar-refractivity contribution in [1.82, 2.24) is 19.8 Å². The fourth-order valence-electron chi connectivity index (χ4n) is 3.63. The molecule has 0 atom stereocenters. The second-order valence-electron chi connectivity index (χ2n) is 6.94. The van der Waals surface area contributed by atoms with Crippen molar-refractivity contribution in [3.8, 4) is 11.5 Å². The van der Waals surface area contributed by atoms with Gasteiger partial charge in [-0.05, 0) is 6.07 Å². The maximum Gasteiger partial charge on any atom is 0.320 e. The topological polar surface area (TPSA) is 97.0 Å². The van der Waals surface area contributed by atoms with Crippen LogP contribution < -0.4 is 15.0 Å². The van der Waals surface area contributed by atoms with E-state index in [0.717, 1.165) is 12.8 Å². The van der Waals surface area contributed by atoms with E-state index in [2.05, 4.69) is 9.97 Å². The van der Waals surface area contributed by atoms with Crippen molar-refractivity contribution in [2.24, 2.45) is 0 Å². The number of ether oxygens (including phenoxy) is 3. The first kappa shape index (κ1) is 18.5. The number of aromatic amines is 1. The third kappa shape index (κ3) is 3.75. The minimum Gasteiger partial charge on any atom is -0.493 e. The van der Waals surface area contributed by atoms with Gasteiger partial charge in [0, 0.05) is 45.1 Å². The van der Waals surface area contributed by atoms with Crippen molar-refractivity contribution < 1.29 is 19.0 Å². The molecule has 9 nitrogen and oxygen atoms in total. The number of nitrogens with zero attached hydrogens (tertiary/aromatic N) is 3. The van der Waals surface area contributed by atoms with Gasteiger partial charge in [0.05, 0.1) is 37.6 Å². The smallest absolute Gasteiger partial charge is 0.320 e.